The molecule has 33 heavy (non-hydrogen) atoms. The molecule has 3 aromatic carbocycles. The van der Waals surface area contributed by atoms with Gasteiger partial charge in [-0.2, -0.15) is 5.10 Å². The third-order valence-electron chi connectivity index (χ3n) is 6.03. The Hall–Kier alpha value is -3.80. The molecular weight excluding hydrogens is 412 g/mol. The first-order valence-electron chi connectivity index (χ1n) is 11.6. The van der Waals surface area contributed by atoms with Gasteiger partial charge in [0.15, 0.2) is 5.69 Å². The van der Waals surface area contributed by atoms with Gasteiger partial charge in [0.05, 0.1) is 12.1 Å². The number of rotatable bonds is 7. The molecule has 6 nitrogen and oxygen atoms in total. The topological polar surface area (TPSA) is 59.4 Å². The summed E-state index contributed by atoms with van der Waals surface area (Å²) in [5.74, 6) is 0.611. The first-order valence-corrected chi connectivity index (χ1v) is 11.6. The highest BCUT2D eigenvalue weighted by Crippen LogP contribution is 2.23. The molecule has 168 valence electrons. The number of ether oxygens (including phenoxy) is 1. The summed E-state index contributed by atoms with van der Waals surface area (Å²) in [6.45, 7) is 3.22. The van der Waals surface area contributed by atoms with E-state index in [2.05, 4.69) is 27.4 Å². The Bertz CT molecular complexity index is 1210. The van der Waals surface area contributed by atoms with Gasteiger partial charge in [-0.3, -0.25) is 9.48 Å². The number of carbonyl (C=O) groups is 1. The molecule has 1 aliphatic rings. The maximum absolute atomic E-state index is 13.1. The zero-order valence-corrected chi connectivity index (χ0v) is 18.6. The number of para-hydroxylation sites is 2. The third kappa shape index (κ3) is 4.85. The molecule has 6 heteroatoms. The number of benzene rings is 3. The third-order valence-corrected chi connectivity index (χ3v) is 6.03. The highest BCUT2D eigenvalue weighted by molar-refractivity contribution is 6.11. The van der Waals surface area contributed by atoms with Crippen molar-refractivity contribution in [1.29, 1.82) is 0 Å². The Balaban J connectivity index is 1.29. The lowest BCUT2D eigenvalue weighted by molar-refractivity contribution is 0.102. The molecule has 0 atom stereocenters. The van der Waals surface area contributed by atoms with Crippen molar-refractivity contribution in [3.63, 3.8) is 0 Å². The molecule has 1 saturated heterocycles. The quantitative estimate of drug-likeness (QED) is 0.420. The first-order chi connectivity index (χ1) is 16.3. The number of fused-ring (bicyclic) bond motifs is 1. The summed E-state index contributed by atoms with van der Waals surface area (Å²) in [4.78, 5) is 15.5. The van der Waals surface area contributed by atoms with Crippen molar-refractivity contribution in [2.75, 3.05) is 29.9 Å². The lowest BCUT2D eigenvalue weighted by atomic mass is 10.1. The number of amides is 1. The predicted molar refractivity (Wildman–Crippen MR) is 132 cm³/mol. The van der Waals surface area contributed by atoms with Crippen molar-refractivity contribution in [2.45, 2.75) is 25.8 Å². The Morgan fingerprint density at radius 2 is 1.61 bits per heavy atom. The van der Waals surface area contributed by atoms with Crippen LogP contribution in [0.1, 0.15) is 29.8 Å². The van der Waals surface area contributed by atoms with Gasteiger partial charge in [0.2, 0.25) is 0 Å². The van der Waals surface area contributed by atoms with Crippen molar-refractivity contribution in [1.82, 2.24) is 9.78 Å². The van der Waals surface area contributed by atoms with Gasteiger partial charge in [-0.05, 0) is 61.7 Å². The molecule has 1 fully saturated rings. The van der Waals surface area contributed by atoms with E-state index < -0.39 is 0 Å². The van der Waals surface area contributed by atoms with Crippen LogP contribution in [0.5, 0.6) is 5.75 Å². The number of nitrogens with one attached hydrogen (secondary N) is 1. The van der Waals surface area contributed by atoms with Gasteiger partial charge in [0, 0.05) is 29.9 Å². The Morgan fingerprint density at radius 3 is 2.39 bits per heavy atom. The normalized spacial score (nSPS) is 13.8. The molecule has 2 heterocycles. The number of hydrogen-bond donors (Lipinski definition) is 1. The summed E-state index contributed by atoms with van der Waals surface area (Å²) in [5, 5.41) is 8.47. The summed E-state index contributed by atoms with van der Waals surface area (Å²) in [7, 11) is 0. The highest BCUT2D eigenvalue weighted by Gasteiger charge is 2.18. The van der Waals surface area contributed by atoms with Crippen LogP contribution in [0.25, 0.3) is 10.9 Å². The molecule has 1 aromatic heterocycles. The van der Waals surface area contributed by atoms with Gasteiger partial charge in [-0.1, -0.05) is 36.4 Å². The fourth-order valence-electron chi connectivity index (χ4n) is 4.33. The van der Waals surface area contributed by atoms with E-state index in [0.29, 0.717) is 18.8 Å². The van der Waals surface area contributed by atoms with E-state index in [1.165, 1.54) is 24.9 Å². The van der Waals surface area contributed by atoms with Crippen molar-refractivity contribution >= 4 is 28.2 Å². The summed E-state index contributed by atoms with van der Waals surface area (Å²) >= 11 is 0. The molecule has 0 aliphatic carbocycles. The number of hydrogen-bond acceptors (Lipinski definition) is 4. The molecule has 1 aliphatic heterocycles. The van der Waals surface area contributed by atoms with E-state index in [-0.39, 0.29) is 5.91 Å². The minimum absolute atomic E-state index is 0.209. The van der Waals surface area contributed by atoms with Gasteiger partial charge in [-0.25, -0.2) is 0 Å². The molecule has 0 bridgehead atoms. The fourth-order valence-corrected chi connectivity index (χ4v) is 4.33. The van der Waals surface area contributed by atoms with E-state index in [1.807, 2.05) is 71.4 Å². The van der Waals surface area contributed by atoms with Crippen molar-refractivity contribution < 1.29 is 9.53 Å². The van der Waals surface area contributed by atoms with Crippen LogP contribution in [0.3, 0.4) is 0 Å². The van der Waals surface area contributed by atoms with Crippen molar-refractivity contribution in [2.24, 2.45) is 0 Å². The van der Waals surface area contributed by atoms with Crippen LogP contribution in [-0.2, 0) is 6.54 Å². The molecular formula is C27H28N4O2. The zero-order valence-electron chi connectivity index (χ0n) is 18.6. The minimum atomic E-state index is -0.209. The van der Waals surface area contributed by atoms with Crippen molar-refractivity contribution in [3.8, 4) is 5.75 Å². The second-order valence-corrected chi connectivity index (χ2v) is 8.30. The smallest absolute Gasteiger partial charge is 0.276 e. The Kier molecular flexibility index (Phi) is 6.24. The molecule has 0 radical (unpaired) electrons. The van der Waals surface area contributed by atoms with Crippen LogP contribution in [0.15, 0.2) is 78.9 Å². The largest absolute Gasteiger partial charge is 0.492 e. The summed E-state index contributed by atoms with van der Waals surface area (Å²) in [6.07, 6.45) is 3.79. The Morgan fingerprint density at radius 1 is 0.879 bits per heavy atom. The number of nitrogens with zero attached hydrogens (tertiary/aromatic N) is 3. The lowest BCUT2D eigenvalue weighted by Gasteiger charge is -2.28. The number of aromatic nitrogens is 2. The van der Waals surface area contributed by atoms with E-state index in [1.54, 1.807) is 0 Å². The predicted octanol–water partition coefficient (Wildman–Crippen LogP) is 5.36. The fraction of sp³-hybridized carbons (Fsp3) is 0.259. The van der Waals surface area contributed by atoms with E-state index in [0.717, 1.165) is 35.4 Å². The monoisotopic (exact) mass is 440 g/mol. The van der Waals surface area contributed by atoms with E-state index >= 15 is 0 Å². The minimum Gasteiger partial charge on any atom is -0.492 e. The Labute approximate surface area is 193 Å². The van der Waals surface area contributed by atoms with Gasteiger partial charge in [0.1, 0.15) is 12.4 Å². The van der Waals surface area contributed by atoms with Gasteiger partial charge < -0.3 is 15.0 Å². The maximum Gasteiger partial charge on any atom is 0.276 e. The standard InChI is InChI=1S/C27H28N4O2/c32-27(28-21-13-15-22(16-14-21)30-17-7-2-8-18-30)26-24-11-5-6-12-25(24)31(29-26)19-20-33-23-9-3-1-4-10-23/h1,3-6,9-16H,2,7-8,17-20H2,(H,28,32). The number of anilines is 2. The second kappa shape index (κ2) is 9.77. The van der Waals surface area contributed by atoms with Gasteiger partial charge >= 0.3 is 0 Å². The van der Waals surface area contributed by atoms with Crippen LogP contribution in [0, 0.1) is 0 Å². The van der Waals surface area contributed by atoms with Crippen LogP contribution in [-0.4, -0.2) is 35.4 Å². The molecule has 1 amide bonds. The number of carbonyl (C=O) groups excluding carboxylic acids is 1. The van der Waals surface area contributed by atoms with Crippen LogP contribution in [0.4, 0.5) is 11.4 Å². The van der Waals surface area contributed by atoms with Crippen LogP contribution in [0.2, 0.25) is 0 Å². The second-order valence-electron chi connectivity index (χ2n) is 8.30. The van der Waals surface area contributed by atoms with Crippen molar-refractivity contribution in [3.05, 3.63) is 84.6 Å². The lowest BCUT2D eigenvalue weighted by Crippen LogP contribution is -2.29. The molecule has 4 aromatic rings. The summed E-state index contributed by atoms with van der Waals surface area (Å²) < 4.78 is 7.66. The van der Waals surface area contributed by atoms with Gasteiger partial charge in [0.25, 0.3) is 5.91 Å². The zero-order chi connectivity index (χ0) is 22.5. The number of piperidine rings is 1. The molecule has 5 rings (SSSR count). The van der Waals surface area contributed by atoms with Crippen LogP contribution < -0.4 is 15.0 Å². The van der Waals surface area contributed by atoms with Crippen LogP contribution >= 0.6 is 0 Å². The van der Waals surface area contributed by atoms with E-state index in [4.69, 9.17) is 4.74 Å². The van der Waals surface area contributed by atoms with E-state index in [9.17, 15) is 4.79 Å². The SMILES string of the molecule is O=C(Nc1ccc(N2CCCCC2)cc1)c1nn(CCOc2ccccc2)c2ccccc12. The molecule has 0 saturated carbocycles. The average molecular weight is 441 g/mol. The highest BCUT2D eigenvalue weighted by atomic mass is 16.5. The van der Waals surface area contributed by atoms with Gasteiger partial charge in [-0.15, -0.1) is 0 Å². The molecule has 0 unspecified atom stereocenters. The molecule has 0 spiro atoms. The average Bonchev–Trinajstić information content (AvgIpc) is 3.25. The summed E-state index contributed by atoms with van der Waals surface area (Å²) in [6, 6.07) is 25.6. The molecule has 1 N–H and O–H groups in total. The first kappa shape index (κ1) is 21.1. The maximum atomic E-state index is 13.1. The summed E-state index contributed by atoms with van der Waals surface area (Å²) in [5.41, 5.74) is 3.32.